The van der Waals surface area contributed by atoms with Gasteiger partial charge in [-0.3, -0.25) is 4.79 Å². The Morgan fingerprint density at radius 3 is 2.53 bits per heavy atom. The quantitative estimate of drug-likeness (QED) is 0.0891. The second-order valence-electron chi connectivity index (χ2n) is 7.92. The number of carbonyl (C=O) groups is 1. The van der Waals surface area contributed by atoms with Gasteiger partial charge >= 0.3 is 0 Å². The molecule has 0 aliphatic rings. The first-order chi connectivity index (χ1) is 17.5. The van der Waals surface area contributed by atoms with Crippen molar-refractivity contribution in [3.63, 3.8) is 0 Å². The van der Waals surface area contributed by atoms with Gasteiger partial charge in [-0.2, -0.15) is 4.52 Å². The number of hydrogen-bond donors (Lipinski definition) is 0. The van der Waals surface area contributed by atoms with Crippen LogP contribution in [0.25, 0.3) is 22.4 Å². The normalized spacial score (nSPS) is 11.4. The van der Waals surface area contributed by atoms with Crippen LogP contribution in [0.15, 0.2) is 83.2 Å². The Labute approximate surface area is 221 Å². The van der Waals surface area contributed by atoms with Gasteiger partial charge in [0.15, 0.2) is 15.9 Å². The summed E-state index contributed by atoms with van der Waals surface area (Å²) in [4.78, 5) is 13.2. The highest BCUT2D eigenvalue weighted by atomic mass is 35.5. The number of halogens is 1. The molecule has 180 valence electrons. The standard InChI is InChI=1S/C27H21ClN4O2S2/c1-18-2-7-21(8-3-18)25-29-30-26-32(25)31-27(36-26)35-17-16-34-23-13-9-20(10-14-23)24(33)15-6-19-4-11-22(28)12-5-19/h2-15H,16-17H2,1H3/b15-6+. The number of ketones is 1. The molecule has 3 aromatic carbocycles. The first kappa shape index (κ1) is 24.2. The van der Waals surface area contributed by atoms with Gasteiger partial charge in [-0.25, -0.2) is 0 Å². The minimum atomic E-state index is -0.0691. The Morgan fingerprint density at radius 2 is 1.78 bits per heavy atom. The van der Waals surface area contributed by atoms with Crippen molar-refractivity contribution in [2.45, 2.75) is 11.3 Å². The predicted molar refractivity (Wildman–Crippen MR) is 146 cm³/mol. The van der Waals surface area contributed by atoms with Gasteiger partial charge in [0, 0.05) is 21.9 Å². The Hall–Kier alpha value is -3.46. The van der Waals surface area contributed by atoms with Crippen LogP contribution in [0.3, 0.4) is 0 Å². The number of allylic oxidation sites excluding steroid dienone is 1. The zero-order valence-corrected chi connectivity index (χ0v) is 21.7. The molecule has 2 aromatic heterocycles. The van der Waals surface area contributed by atoms with E-state index in [-0.39, 0.29) is 5.78 Å². The fourth-order valence-electron chi connectivity index (χ4n) is 3.39. The van der Waals surface area contributed by atoms with Crippen LogP contribution >= 0.6 is 34.7 Å². The summed E-state index contributed by atoms with van der Waals surface area (Å²) in [6.45, 7) is 2.57. The van der Waals surface area contributed by atoms with Gasteiger partial charge in [-0.05, 0) is 55.0 Å². The van der Waals surface area contributed by atoms with Gasteiger partial charge in [0.25, 0.3) is 0 Å². The molecule has 0 N–H and O–H groups in total. The molecule has 6 nitrogen and oxygen atoms in total. The second-order valence-corrected chi connectivity index (χ2v) is 10.7. The van der Waals surface area contributed by atoms with E-state index in [4.69, 9.17) is 16.3 Å². The summed E-state index contributed by atoms with van der Waals surface area (Å²) in [5.41, 5.74) is 3.70. The van der Waals surface area contributed by atoms with Gasteiger partial charge in [-0.15, -0.1) is 15.3 Å². The highest BCUT2D eigenvalue weighted by Crippen LogP contribution is 2.27. The monoisotopic (exact) mass is 532 g/mol. The molecule has 0 atom stereocenters. The van der Waals surface area contributed by atoms with Crippen molar-refractivity contribution in [1.29, 1.82) is 0 Å². The number of carbonyl (C=O) groups excluding carboxylic acids is 1. The van der Waals surface area contributed by atoms with E-state index in [9.17, 15) is 4.79 Å². The summed E-state index contributed by atoms with van der Waals surface area (Å²) in [6.07, 6.45) is 3.33. The average molecular weight is 533 g/mol. The molecule has 2 heterocycles. The molecule has 0 saturated heterocycles. The molecule has 0 amide bonds. The number of benzene rings is 3. The van der Waals surface area contributed by atoms with E-state index in [1.165, 1.54) is 16.9 Å². The summed E-state index contributed by atoms with van der Waals surface area (Å²) < 4.78 is 8.54. The smallest absolute Gasteiger partial charge is 0.235 e. The van der Waals surface area contributed by atoms with Crippen LogP contribution in [0, 0.1) is 6.92 Å². The van der Waals surface area contributed by atoms with Crippen molar-refractivity contribution >= 4 is 51.5 Å². The topological polar surface area (TPSA) is 69.4 Å². The van der Waals surface area contributed by atoms with Crippen LogP contribution in [0.5, 0.6) is 5.75 Å². The summed E-state index contributed by atoms with van der Waals surface area (Å²) in [5, 5.41) is 13.9. The molecule has 36 heavy (non-hydrogen) atoms. The van der Waals surface area contributed by atoms with Crippen molar-refractivity contribution in [3.8, 4) is 17.1 Å². The van der Waals surface area contributed by atoms with Crippen LogP contribution in [0.1, 0.15) is 21.5 Å². The van der Waals surface area contributed by atoms with Crippen LogP contribution in [0.2, 0.25) is 5.02 Å². The van der Waals surface area contributed by atoms with Gasteiger partial charge in [0.2, 0.25) is 4.96 Å². The van der Waals surface area contributed by atoms with Crippen LogP contribution < -0.4 is 4.74 Å². The van der Waals surface area contributed by atoms with Crippen molar-refractivity contribution in [1.82, 2.24) is 19.8 Å². The second kappa shape index (κ2) is 11.1. The Morgan fingerprint density at radius 1 is 1.03 bits per heavy atom. The maximum Gasteiger partial charge on any atom is 0.235 e. The largest absolute Gasteiger partial charge is 0.493 e. The Balaban J connectivity index is 1.12. The molecule has 0 unspecified atom stereocenters. The molecule has 0 aliphatic carbocycles. The van der Waals surface area contributed by atoms with E-state index in [0.717, 1.165) is 32.0 Å². The zero-order chi connectivity index (χ0) is 24.9. The number of nitrogens with zero attached hydrogens (tertiary/aromatic N) is 4. The third kappa shape index (κ3) is 5.84. The number of fused-ring (bicyclic) bond motifs is 1. The van der Waals surface area contributed by atoms with Crippen LogP contribution in [-0.2, 0) is 0 Å². The summed E-state index contributed by atoms with van der Waals surface area (Å²) in [5.74, 6) is 2.12. The summed E-state index contributed by atoms with van der Waals surface area (Å²) >= 11 is 9.01. The molecule has 5 rings (SSSR count). The molecule has 0 bridgehead atoms. The van der Waals surface area contributed by atoms with Crippen LogP contribution in [0.4, 0.5) is 0 Å². The summed E-state index contributed by atoms with van der Waals surface area (Å²) in [6, 6.07) is 22.6. The van der Waals surface area contributed by atoms with E-state index >= 15 is 0 Å². The lowest BCUT2D eigenvalue weighted by molar-refractivity contribution is 0.104. The van der Waals surface area contributed by atoms with Gasteiger partial charge in [-0.1, -0.05) is 82.7 Å². The van der Waals surface area contributed by atoms with Crippen molar-refractivity contribution in [2.24, 2.45) is 0 Å². The average Bonchev–Trinajstić information content (AvgIpc) is 3.48. The molecule has 9 heteroatoms. The minimum Gasteiger partial charge on any atom is -0.493 e. The highest BCUT2D eigenvalue weighted by Gasteiger charge is 2.13. The van der Waals surface area contributed by atoms with E-state index in [1.54, 1.807) is 52.7 Å². The maximum absolute atomic E-state index is 12.4. The van der Waals surface area contributed by atoms with Crippen molar-refractivity contribution in [3.05, 3.63) is 101 Å². The number of aryl methyl sites for hydroxylation is 1. The number of aromatic nitrogens is 4. The van der Waals surface area contributed by atoms with Crippen molar-refractivity contribution in [2.75, 3.05) is 12.4 Å². The predicted octanol–water partition coefficient (Wildman–Crippen LogP) is 6.88. The number of hydrogen-bond acceptors (Lipinski definition) is 7. The number of rotatable bonds is 9. The molecule has 5 aromatic rings. The van der Waals surface area contributed by atoms with E-state index < -0.39 is 0 Å². The van der Waals surface area contributed by atoms with Gasteiger partial charge in [0.1, 0.15) is 5.75 Å². The third-order valence-electron chi connectivity index (χ3n) is 5.30. The Kier molecular flexibility index (Phi) is 7.46. The molecule has 0 fully saturated rings. The third-order valence-corrected chi connectivity index (χ3v) is 7.54. The first-order valence-corrected chi connectivity index (χ1v) is 13.4. The number of ether oxygens (including phenoxy) is 1. The van der Waals surface area contributed by atoms with Crippen molar-refractivity contribution < 1.29 is 9.53 Å². The van der Waals surface area contributed by atoms with Gasteiger partial charge < -0.3 is 4.74 Å². The molecular formula is C27H21ClN4O2S2. The molecular weight excluding hydrogens is 512 g/mol. The zero-order valence-electron chi connectivity index (χ0n) is 19.3. The Bertz CT molecular complexity index is 1510. The molecule has 0 spiro atoms. The lowest BCUT2D eigenvalue weighted by Gasteiger charge is -2.05. The molecule has 0 saturated carbocycles. The molecule has 0 radical (unpaired) electrons. The van der Waals surface area contributed by atoms with E-state index in [0.29, 0.717) is 22.9 Å². The minimum absolute atomic E-state index is 0.0691. The highest BCUT2D eigenvalue weighted by molar-refractivity contribution is 8.01. The van der Waals surface area contributed by atoms with Gasteiger partial charge in [0.05, 0.1) is 6.61 Å². The fraction of sp³-hybridized carbons (Fsp3) is 0.111. The maximum atomic E-state index is 12.4. The first-order valence-electron chi connectivity index (χ1n) is 11.2. The fourth-order valence-corrected chi connectivity index (χ4v) is 5.28. The van der Waals surface area contributed by atoms with Crippen LogP contribution in [-0.4, -0.2) is 38.0 Å². The van der Waals surface area contributed by atoms with E-state index in [1.807, 2.05) is 36.4 Å². The lowest BCUT2D eigenvalue weighted by Crippen LogP contribution is -2.01. The van der Waals surface area contributed by atoms with E-state index in [2.05, 4.69) is 34.4 Å². The molecule has 0 aliphatic heterocycles. The number of thioether (sulfide) groups is 1. The SMILES string of the molecule is Cc1ccc(-c2nnc3sc(SCCOc4ccc(C(=O)/C=C/c5ccc(Cl)cc5)cc4)nn23)cc1. The summed E-state index contributed by atoms with van der Waals surface area (Å²) in [7, 11) is 0. The lowest BCUT2D eigenvalue weighted by atomic mass is 10.1.